The summed E-state index contributed by atoms with van der Waals surface area (Å²) in [6, 6.07) is 18.2. The molecule has 0 fully saturated rings. The van der Waals surface area contributed by atoms with Crippen LogP contribution in [-0.2, 0) is 15.5 Å². The van der Waals surface area contributed by atoms with E-state index in [1.807, 2.05) is 30.3 Å². The second kappa shape index (κ2) is 5.96. The Morgan fingerprint density at radius 1 is 0.944 bits per heavy atom. The van der Waals surface area contributed by atoms with Crippen molar-refractivity contribution in [1.82, 2.24) is 0 Å². The predicted molar refractivity (Wildman–Crippen MR) is 72.0 cm³/mol. The van der Waals surface area contributed by atoms with E-state index in [9.17, 15) is 9.46 Å². The van der Waals surface area contributed by atoms with Gasteiger partial charge in [-0.05, 0) is 24.1 Å². The van der Waals surface area contributed by atoms with E-state index >= 15 is 0 Å². The molecule has 1 N–H and O–H groups in total. The van der Waals surface area contributed by atoms with Crippen LogP contribution in [0, 0.1) is 0 Å². The van der Waals surface area contributed by atoms with Crippen LogP contribution in [0.5, 0.6) is 0 Å². The number of hydrogen-bond acceptors (Lipinski definition) is 2. The van der Waals surface area contributed by atoms with Crippen LogP contribution in [0.4, 0.5) is 0 Å². The summed E-state index contributed by atoms with van der Waals surface area (Å²) in [5.74, 6) is 0. The topological polar surface area (TPSA) is 46.5 Å². The summed E-state index contributed by atoms with van der Waals surface area (Å²) in [4.78, 5) is 9.80. The molecule has 2 aromatic rings. The minimum Gasteiger partial charge on any atom is -0.321 e. The van der Waals surface area contributed by atoms with Gasteiger partial charge >= 0.3 is 7.60 Å². The summed E-state index contributed by atoms with van der Waals surface area (Å²) < 4.78 is 17.1. The van der Waals surface area contributed by atoms with Gasteiger partial charge in [-0.3, -0.25) is 4.57 Å². The lowest BCUT2D eigenvalue weighted by Crippen LogP contribution is -2.08. The van der Waals surface area contributed by atoms with Gasteiger partial charge in [-0.15, -0.1) is 0 Å². The minimum atomic E-state index is -3.68. The van der Waals surface area contributed by atoms with Gasteiger partial charge in [0.2, 0.25) is 0 Å². The highest BCUT2D eigenvalue weighted by Gasteiger charge is 2.21. The van der Waals surface area contributed by atoms with Gasteiger partial charge in [0.25, 0.3) is 0 Å². The van der Waals surface area contributed by atoms with Crippen molar-refractivity contribution in [2.45, 2.75) is 6.42 Å². The molecule has 0 amide bonds. The average molecular weight is 262 g/mol. The van der Waals surface area contributed by atoms with Crippen molar-refractivity contribution < 1.29 is 14.0 Å². The Morgan fingerprint density at radius 2 is 1.50 bits per heavy atom. The van der Waals surface area contributed by atoms with E-state index in [0.717, 1.165) is 5.56 Å². The highest BCUT2D eigenvalue weighted by molar-refractivity contribution is 7.61. The summed E-state index contributed by atoms with van der Waals surface area (Å²) in [5.41, 5.74) is 1.09. The van der Waals surface area contributed by atoms with Gasteiger partial charge in [0, 0.05) is 0 Å². The average Bonchev–Trinajstić information content (AvgIpc) is 2.41. The molecule has 2 rings (SSSR count). The van der Waals surface area contributed by atoms with Crippen LogP contribution in [0.2, 0.25) is 0 Å². The number of hydrogen-bond donors (Lipinski definition) is 1. The summed E-state index contributed by atoms with van der Waals surface area (Å²) >= 11 is 0. The standard InChI is InChI=1S/C14H15O3P/c15-18(16,14-9-5-2-6-10-14)17-12-11-13-7-3-1-4-8-13/h1-10H,11-12H2,(H,15,16). The Bertz CT molecular complexity index is 525. The van der Waals surface area contributed by atoms with Crippen LogP contribution in [0.15, 0.2) is 60.7 Å². The predicted octanol–water partition coefficient (Wildman–Crippen LogP) is 2.76. The Kier molecular flexibility index (Phi) is 4.32. The fraction of sp³-hybridized carbons (Fsp3) is 0.143. The molecule has 2 aromatic carbocycles. The van der Waals surface area contributed by atoms with E-state index in [1.54, 1.807) is 30.3 Å². The van der Waals surface area contributed by atoms with Crippen molar-refractivity contribution in [1.29, 1.82) is 0 Å². The highest BCUT2D eigenvalue weighted by Crippen LogP contribution is 2.40. The van der Waals surface area contributed by atoms with Crippen molar-refractivity contribution in [3.05, 3.63) is 66.2 Å². The van der Waals surface area contributed by atoms with E-state index in [0.29, 0.717) is 11.7 Å². The molecular formula is C14H15O3P. The van der Waals surface area contributed by atoms with Crippen LogP contribution in [-0.4, -0.2) is 11.5 Å². The molecule has 0 bridgehead atoms. The zero-order valence-corrected chi connectivity index (χ0v) is 10.8. The van der Waals surface area contributed by atoms with Crippen molar-refractivity contribution >= 4 is 12.9 Å². The molecule has 18 heavy (non-hydrogen) atoms. The molecule has 4 heteroatoms. The van der Waals surface area contributed by atoms with Crippen LogP contribution in [0.25, 0.3) is 0 Å². The minimum absolute atomic E-state index is 0.229. The molecule has 0 aliphatic heterocycles. The van der Waals surface area contributed by atoms with Crippen molar-refractivity contribution in [3.63, 3.8) is 0 Å². The lowest BCUT2D eigenvalue weighted by Gasteiger charge is -2.12. The SMILES string of the molecule is O=P(O)(OCCc1ccccc1)c1ccccc1. The Balaban J connectivity index is 1.92. The van der Waals surface area contributed by atoms with Crippen molar-refractivity contribution in [2.75, 3.05) is 6.61 Å². The zero-order chi connectivity index (χ0) is 12.8. The van der Waals surface area contributed by atoms with Crippen LogP contribution >= 0.6 is 7.60 Å². The second-order valence-corrected chi connectivity index (χ2v) is 5.74. The monoisotopic (exact) mass is 262 g/mol. The molecule has 0 saturated carbocycles. The van der Waals surface area contributed by atoms with E-state index < -0.39 is 7.60 Å². The summed E-state index contributed by atoms with van der Waals surface area (Å²) in [6.45, 7) is 0.229. The van der Waals surface area contributed by atoms with Crippen LogP contribution in [0.1, 0.15) is 5.56 Å². The molecule has 94 valence electrons. The smallest absolute Gasteiger partial charge is 0.321 e. The molecule has 0 radical (unpaired) electrons. The Hall–Kier alpha value is -1.41. The molecule has 0 saturated heterocycles. The fourth-order valence-corrected chi connectivity index (χ4v) is 2.66. The Labute approximate surface area is 107 Å². The molecule has 1 atom stereocenters. The molecular weight excluding hydrogens is 247 g/mol. The van der Waals surface area contributed by atoms with Gasteiger partial charge in [0.05, 0.1) is 11.9 Å². The summed E-state index contributed by atoms with van der Waals surface area (Å²) in [7, 11) is -3.68. The van der Waals surface area contributed by atoms with Gasteiger partial charge < -0.3 is 9.42 Å². The van der Waals surface area contributed by atoms with Gasteiger partial charge in [-0.2, -0.15) is 0 Å². The Morgan fingerprint density at radius 3 is 2.11 bits per heavy atom. The van der Waals surface area contributed by atoms with Gasteiger partial charge in [0.1, 0.15) is 0 Å². The third kappa shape index (κ3) is 3.54. The third-order valence-electron chi connectivity index (χ3n) is 2.58. The maximum Gasteiger partial charge on any atom is 0.358 e. The quantitative estimate of drug-likeness (QED) is 0.843. The van der Waals surface area contributed by atoms with Gasteiger partial charge in [-0.1, -0.05) is 48.5 Å². The molecule has 0 aliphatic carbocycles. The van der Waals surface area contributed by atoms with Crippen LogP contribution in [0.3, 0.4) is 0 Å². The maximum atomic E-state index is 11.9. The second-order valence-electron chi connectivity index (χ2n) is 3.92. The highest BCUT2D eigenvalue weighted by atomic mass is 31.2. The maximum absolute atomic E-state index is 11.9. The van der Waals surface area contributed by atoms with E-state index in [1.165, 1.54) is 0 Å². The van der Waals surface area contributed by atoms with Crippen molar-refractivity contribution in [2.24, 2.45) is 0 Å². The first-order valence-corrected chi connectivity index (χ1v) is 7.33. The fourth-order valence-electron chi connectivity index (χ4n) is 1.62. The molecule has 3 nitrogen and oxygen atoms in total. The van der Waals surface area contributed by atoms with Crippen LogP contribution < -0.4 is 5.30 Å². The molecule has 1 unspecified atom stereocenters. The van der Waals surface area contributed by atoms with Crippen molar-refractivity contribution in [3.8, 4) is 0 Å². The normalized spacial score (nSPS) is 14.1. The van der Waals surface area contributed by atoms with E-state index in [4.69, 9.17) is 4.52 Å². The first-order chi connectivity index (χ1) is 8.68. The first-order valence-electron chi connectivity index (χ1n) is 5.75. The molecule has 0 aliphatic rings. The van der Waals surface area contributed by atoms with E-state index in [-0.39, 0.29) is 6.61 Å². The summed E-state index contributed by atoms with van der Waals surface area (Å²) in [5, 5.41) is 0.332. The molecule has 0 spiro atoms. The number of rotatable bonds is 5. The number of benzene rings is 2. The lowest BCUT2D eigenvalue weighted by molar-refractivity contribution is 0.272. The van der Waals surface area contributed by atoms with Gasteiger partial charge in [0.15, 0.2) is 0 Å². The van der Waals surface area contributed by atoms with Gasteiger partial charge in [-0.25, -0.2) is 0 Å². The van der Waals surface area contributed by atoms with E-state index in [2.05, 4.69) is 0 Å². The largest absolute Gasteiger partial charge is 0.358 e. The summed E-state index contributed by atoms with van der Waals surface area (Å²) in [6.07, 6.45) is 0.623. The molecule has 0 heterocycles. The zero-order valence-electron chi connectivity index (χ0n) is 9.90. The lowest BCUT2D eigenvalue weighted by atomic mass is 10.2. The molecule has 0 aromatic heterocycles. The third-order valence-corrected chi connectivity index (χ3v) is 4.07. The first kappa shape index (κ1) is 13.0.